The van der Waals surface area contributed by atoms with Crippen LogP contribution in [-0.2, 0) is 21.4 Å². The van der Waals surface area contributed by atoms with Crippen molar-refractivity contribution in [2.45, 2.75) is 37.1 Å². The lowest BCUT2D eigenvalue weighted by Gasteiger charge is -2.29. The molecule has 0 aromatic heterocycles. The van der Waals surface area contributed by atoms with E-state index in [1.54, 1.807) is 12.1 Å². The van der Waals surface area contributed by atoms with E-state index in [0.29, 0.717) is 25.9 Å². The molecule has 2 fully saturated rings. The summed E-state index contributed by atoms with van der Waals surface area (Å²) < 4.78 is 13.4. The summed E-state index contributed by atoms with van der Waals surface area (Å²) in [5, 5.41) is 3.06. The number of halogens is 1. The SMILES string of the molecule is O=C1CC[C@H]2C[C@@](C(=O)NCCc3ccccc3)(c3ccc(F)cc3)CN12. The first-order valence-corrected chi connectivity index (χ1v) is 9.46. The molecule has 0 aliphatic carbocycles. The van der Waals surface area contributed by atoms with Crippen molar-refractivity contribution in [1.82, 2.24) is 10.2 Å². The topological polar surface area (TPSA) is 49.4 Å². The quantitative estimate of drug-likeness (QED) is 0.885. The minimum absolute atomic E-state index is 0.0766. The minimum Gasteiger partial charge on any atom is -0.355 e. The molecule has 0 bridgehead atoms. The predicted octanol–water partition coefficient (Wildman–Crippen LogP) is 2.82. The van der Waals surface area contributed by atoms with Gasteiger partial charge in [-0.3, -0.25) is 9.59 Å². The molecule has 2 aliphatic heterocycles. The van der Waals surface area contributed by atoms with Crippen LogP contribution in [0.1, 0.15) is 30.4 Å². The van der Waals surface area contributed by atoms with Crippen LogP contribution in [0, 0.1) is 5.82 Å². The predicted molar refractivity (Wildman–Crippen MR) is 101 cm³/mol. The molecule has 4 nitrogen and oxygen atoms in total. The van der Waals surface area contributed by atoms with E-state index in [0.717, 1.165) is 24.0 Å². The molecule has 2 amide bonds. The first-order chi connectivity index (χ1) is 13.1. The molecule has 2 aromatic rings. The van der Waals surface area contributed by atoms with Gasteiger partial charge in [0.1, 0.15) is 5.82 Å². The fraction of sp³-hybridized carbons (Fsp3) is 0.364. The fourth-order valence-electron chi connectivity index (χ4n) is 4.39. The van der Waals surface area contributed by atoms with Gasteiger partial charge in [-0.25, -0.2) is 4.39 Å². The number of rotatable bonds is 5. The molecular weight excluding hydrogens is 343 g/mol. The number of hydrogen-bond donors (Lipinski definition) is 1. The van der Waals surface area contributed by atoms with Gasteiger partial charge < -0.3 is 10.2 Å². The van der Waals surface area contributed by atoms with Gasteiger partial charge in [0, 0.05) is 25.6 Å². The number of carbonyl (C=O) groups is 2. The molecule has 140 valence electrons. The zero-order chi connectivity index (χ0) is 18.9. The molecule has 0 radical (unpaired) electrons. The molecule has 27 heavy (non-hydrogen) atoms. The number of benzene rings is 2. The standard InChI is InChI=1S/C22H23FN2O2/c23-18-8-6-17(7-9-18)22(14-19-10-11-20(26)25(19)15-22)21(27)24-13-12-16-4-2-1-3-5-16/h1-9,19H,10-15H2,(H,24,27)/t19-,22-/m0/s1. The second-order valence-electron chi connectivity index (χ2n) is 7.50. The minimum atomic E-state index is -0.800. The lowest BCUT2D eigenvalue weighted by Crippen LogP contribution is -2.47. The number of amides is 2. The summed E-state index contributed by atoms with van der Waals surface area (Å²) in [6, 6.07) is 16.2. The normalized spacial score (nSPS) is 24.1. The van der Waals surface area contributed by atoms with Gasteiger partial charge in [0.05, 0.1) is 5.41 Å². The number of hydrogen-bond acceptors (Lipinski definition) is 2. The van der Waals surface area contributed by atoms with E-state index >= 15 is 0 Å². The number of nitrogens with one attached hydrogen (secondary N) is 1. The van der Waals surface area contributed by atoms with Crippen LogP contribution in [0.25, 0.3) is 0 Å². The van der Waals surface area contributed by atoms with E-state index < -0.39 is 5.41 Å². The highest BCUT2D eigenvalue weighted by atomic mass is 19.1. The summed E-state index contributed by atoms with van der Waals surface area (Å²) in [4.78, 5) is 27.3. The maximum atomic E-state index is 13.4. The number of fused-ring (bicyclic) bond motifs is 1. The van der Waals surface area contributed by atoms with Crippen LogP contribution in [0.3, 0.4) is 0 Å². The van der Waals surface area contributed by atoms with Crippen molar-refractivity contribution in [3.63, 3.8) is 0 Å². The third-order valence-corrected chi connectivity index (χ3v) is 5.85. The summed E-state index contributed by atoms with van der Waals surface area (Å²) in [5.41, 5.74) is 1.14. The molecule has 0 saturated carbocycles. The van der Waals surface area contributed by atoms with Crippen LogP contribution in [0.4, 0.5) is 4.39 Å². The Hall–Kier alpha value is -2.69. The Morgan fingerprint density at radius 3 is 2.59 bits per heavy atom. The van der Waals surface area contributed by atoms with Crippen LogP contribution < -0.4 is 5.32 Å². The molecule has 2 aliphatic rings. The van der Waals surface area contributed by atoms with Crippen molar-refractivity contribution in [2.75, 3.05) is 13.1 Å². The summed E-state index contributed by atoms with van der Waals surface area (Å²) in [7, 11) is 0. The summed E-state index contributed by atoms with van der Waals surface area (Å²) >= 11 is 0. The van der Waals surface area contributed by atoms with Gasteiger partial charge in [0.2, 0.25) is 11.8 Å². The van der Waals surface area contributed by atoms with Crippen molar-refractivity contribution >= 4 is 11.8 Å². The molecule has 0 unspecified atom stereocenters. The van der Waals surface area contributed by atoms with Gasteiger partial charge in [-0.15, -0.1) is 0 Å². The van der Waals surface area contributed by atoms with E-state index in [1.807, 2.05) is 35.2 Å². The number of nitrogens with zero attached hydrogens (tertiary/aromatic N) is 1. The van der Waals surface area contributed by atoms with Crippen LogP contribution in [-0.4, -0.2) is 35.8 Å². The third-order valence-electron chi connectivity index (χ3n) is 5.85. The zero-order valence-corrected chi connectivity index (χ0v) is 15.2. The highest BCUT2D eigenvalue weighted by Crippen LogP contribution is 2.43. The Labute approximate surface area is 158 Å². The van der Waals surface area contributed by atoms with Crippen molar-refractivity contribution < 1.29 is 14.0 Å². The van der Waals surface area contributed by atoms with Crippen molar-refractivity contribution in [3.05, 3.63) is 71.5 Å². The van der Waals surface area contributed by atoms with Crippen LogP contribution in [0.2, 0.25) is 0 Å². The summed E-state index contributed by atoms with van der Waals surface area (Å²) in [6.45, 7) is 0.906. The molecular formula is C22H23FN2O2. The molecule has 1 N–H and O–H groups in total. The molecule has 2 heterocycles. The van der Waals surface area contributed by atoms with E-state index in [-0.39, 0.29) is 23.7 Å². The van der Waals surface area contributed by atoms with Crippen molar-refractivity contribution in [2.24, 2.45) is 0 Å². The fourth-order valence-corrected chi connectivity index (χ4v) is 4.39. The van der Waals surface area contributed by atoms with E-state index in [4.69, 9.17) is 0 Å². The van der Waals surface area contributed by atoms with Gasteiger partial charge in [-0.05, 0) is 42.5 Å². The first kappa shape index (κ1) is 17.7. The van der Waals surface area contributed by atoms with Gasteiger partial charge in [-0.2, -0.15) is 0 Å². The maximum Gasteiger partial charge on any atom is 0.232 e. The molecule has 2 aromatic carbocycles. The van der Waals surface area contributed by atoms with Crippen molar-refractivity contribution in [1.29, 1.82) is 0 Å². The van der Waals surface area contributed by atoms with E-state index in [2.05, 4.69) is 5.32 Å². The molecule has 2 atom stereocenters. The Balaban J connectivity index is 1.54. The Morgan fingerprint density at radius 1 is 1.15 bits per heavy atom. The second kappa shape index (κ2) is 7.14. The lowest BCUT2D eigenvalue weighted by molar-refractivity contribution is -0.129. The Kier molecular flexibility index (Phi) is 4.68. The monoisotopic (exact) mass is 366 g/mol. The van der Waals surface area contributed by atoms with Gasteiger partial charge >= 0.3 is 0 Å². The van der Waals surface area contributed by atoms with Crippen molar-refractivity contribution in [3.8, 4) is 0 Å². The maximum absolute atomic E-state index is 13.4. The largest absolute Gasteiger partial charge is 0.355 e. The number of carbonyl (C=O) groups excluding carboxylic acids is 2. The molecule has 0 spiro atoms. The second-order valence-corrected chi connectivity index (χ2v) is 7.50. The van der Waals surface area contributed by atoms with Crippen LogP contribution in [0.5, 0.6) is 0 Å². The van der Waals surface area contributed by atoms with E-state index in [9.17, 15) is 14.0 Å². The Morgan fingerprint density at radius 2 is 1.89 bits per heavy atom. The lowest BCUT2D eigenvalue weighted by atomic mass is 9.77. The highest BCUT2D eigenvalue weighted by Gasteiger charge is 2.53. The van der Waals surface area contributed by atoms with Gasteiger partial charge in [0.15, 0.2) is 0 Å². The molecule has 2 saturated heterocycles. The van der Waals surface area contributed by atoms with E-state index in [1.165, 1.54) is 12.1 Å². The molecule has 4 rings (SSSR count). The van der Waals surface area contributed by atoms with Gasteiger partial charge in [-0.1, -0.05) is 42.5 Å². The third kappa shape index (κ3) is 3.34. The Bertz CT molecular complexity index is 837. The molecule has 5 heteroatoms. The highest BCUT2D eigenvalue weighted by molar-refractivity contribution is 5.91. The zero-order valence-electron chi connectivity index (χ0n) is 15.2. The van der Waals surface area contributed by atoms with Crippen LogP contribution in [0.15, 0.2) is 54.6 Å². The van der Waals surface area contributed by atoms with Gasteiger partial charge in [0.25, 0.3) is 0 Å². The first-order valence-electron chi connectivity index (χ1n) is 9.46. The summed E-state index contributed by atoms with van der Waals surface area (Å²) in [6.07, 6.45) is 2.69. The average molecular weight is 366 g/mol. The summed E-state index contributed by atoms with van der Waals surface area (Å²) in [5.74, 6) is -0.290. The average Bonchev–Trinajstić information content (AvgIpc) is 3.23. The smallest absolute Gasteiger partial charge is 0.232 e. The van der Waals surface area contributed by atoms with Crippen LogP contribution >= 0.6 is 0 Å².